The lowest BCUT2D eigenvalue weighted by molar-refractivity contribution is -0.156. The molecule has 2 aliphatic rings. The van der Waals surface area contributed by atoms with E-state index in [0.29, 0.717) is 12.3 Å². The number of piperazine rings is 1. The molecular formula is C21H43N3O2. The first-order chi connectivity index (χ1) is 12.2. The summed E-state index contributed by atoms with van der Waals surface area (Å²) in [5, 5.41) is 0. The number of carbonyl (C=O) groups excluding carboxylic acids is 1. The highest BCUT2D eigenvalue weighted by atomic mass is 16.5. The van der Waals surface area contributed by atoms with Crippen molar-refractivity contribution in [1.29, 1.82) is 0 Å². The predicted octanol–water partition coefficient (Wildman–Crippen LogP) is 2.98. The SMILES string of the molecule is CC.CC1CC(OC(=O)CCN2CCN(CCN)CC2)C(C)(C)C1(C)C. The molecule has 5 nitrogen and oxygen atoms in total. The number of ether oxygens (including phenoxy) is 1. The van der Waals surface area contributed by atoms with Gasteiger partial charge >= 0.3 is 5.97 Å². The second-order valence-corrected chi connectivity index (χ2v) is 8.78. The first-order valence-corrected chi connectivity index (χ1v) is 10.5. The monoisotopic (exact) mass is 369 g/mol. The maximum atomic E-state index is 12.3. The van der Waals surface area contributed by atoms with Crippen molar-refractivity contribution in [2.45, 2.75) is 67.4 Å². The van der Waals surface area contributed by atoms with Crippen LogP contribution < -0.4 is 5.73 Å². The van der Waals surface area contributed by atoms with E-state index in [1.54, 1.807) is 0 Å². The molecule has 0 aromatic heterocycles. The maximum absolute atomic E-state index is 12.3. The van der Waals surface area contributed by atoms with E-state index >= 15 is 0 Å². The summed E-state index contributed by atoms with van der Waals surface area (Å²) in [7, 11) is 0. The fourth-order valence-corrected chi connectivity index (χ4v) is 4.04. The largest absolute Gasteiger partial charge is 0.462 e. The van der Waals surface area contributed by atoms with Gasteiger partial charge in [0.25, 0.3) is 0 Å². The molecule has 5 heteroatoms. The van der Waals surface area contributed by atoms with Crippen LogP contribution >= 0.6 is 0 Å². The number of rotatable bonds is 6. The number of nitrogens with zero attached hydrogens (tertiary/aromatic N) is 2. The van der Waals surface area contributed by atoms with E-state index in [0.717, 1.165) is 52.2 Å². The minimum atomic E-state index is -0.0395. The smallest absolute Gasteiger partial charge is 0.307 e. The lowest BCUT2D eigenvalue weighted by Crippen LogP contribution is -2.48. The van der Waals surface area contributed by atoms with E-state index in [2.05, 4.69) is 44.4 Å². The van der Waals surface area contributed by atoms with Crippen LogP contribution in [-0.2, 0) is 9.53 Å². The third-order valence-corrected chi connectivity index (χ3v) is 7.08. The third-order valence-electron chi connectivity index (χ3n) is 7.08. The molecule has 0 aromatic rings. The van der Waals surface area contributed by atoms with Crippen molar-refractivity contribution in [1.82, 2.24) is 9.80 Å². The zero-order chi connectivity index (χ0) is 20.0. The molecule has 0 amide bonds. The molecule has 2 rings (SSSR count). The summed E-state index contributed by atoms with van der Waals surface area (Å²) in [6.45, 7) is 22.0. The van der Waals surface area contributed by atoms with Gasteiger partial charge in [0.2, 0.25) is 0 Å². The summed E-state index contributed by atoms with van der Waals surface area (Å²) in [5.41, 5.74) is 5.82. The minimum Gasteiger partial charge on any atom is -0.462 e. The van der Waals surface area contributed by atoms with Crippen LogP contribution in [0.15, 0.2) is 0 Å². The van der Waals surface area contributed by atoms with Crippen molar-refractivity contribution in [3.63, 3.8) is 0 Å². The summed E-state index contributed by atoms with van der Waals surface area (Å²) in [6.07, 6.45) is 1.51. The van der Waals surface area contributed by atoms with E-state index in [4.69, 9.17) is 10.5 Å². The fraction of sp³-hybridized carbons (Fsp3) is 0.952. The second-order valence-electron chi connectivity index (χ2n) is 8.78. The van der Waals surface area contributed by atoms with E-state index in [9.17, 15) is 4.79 Å². The predicted molar refractivity (Wildman–Crippen MR) is 109 cm³/mol. The molecule has 1 aliphatic carbocycles. The molecular weight excluding hydrogens is 326 g/mol. The van der Waals surface area contributed by atoms with Crippen LogP contribution in [0.1, 0.15) is 61.3 Å². The Morgan fingerprint density at radius 2 is 1.50 bits per heavy atom. The Bertz CT molecular complexity index is 429. The van der Waals surface area contributed by atoms with Gasteiger partial charge in [0, 0.05) is 51.2 Å². The van der Waals surface area contributed by atoms with Crippen molar-refractivity contribution < 1.29 is 9.53 Å². The van der Waals surface area contributed by atoms with Gasteiger partial charge in [-0.25, -0.2) is 0 Å². The van der Waals surface area contributed by atoms with Crippen LogP contribution in [0.25, 0.3) is 0 Å². The van der Waals surface area contributed by atoms with Crippen molar-refractivity contribution in [2.75, 3.05) is 45.8 Å². The Kier molecular flexibility index (Phi) is 9.04. The Labute approximate surface area is 161 Å². The van der Waals surface area contributed by atoms with Gasteiger partial charge in [0.05, 0.1) is 6.42 Å². The molecule has 0 aromatic carbocycles. The average Bonchev–Trinajstić information content (AvgIpc) is 2.76. The zero-order valence-corrected chi connectivity index (χ0v) is 18.3. The van der Waals surface area contributed by atoms with Crippen molar-refractivity contribution >= 4 is 5.97 Å². The van der Waals surface area contributed by atoms with Crippen LogP contribution in [0.2, 0.25) is 0 Å². The first kappa shape index (κ1) is 23.4. The molecule has 0 spiro atoms. The average molecular weight is 370 g/mol. The molecule has 0 radical (unpaired) electrons. The molecule has 2 atom stereocenters. The summed E-state index contributed by atoms with van der Waals surface area (Å²) in [6, 6.07) is 0. The molecule has 1 saturated heterocycles. The topological polar surface area (TPSA) is 58.8 Å². The van der Waals surface area contributed by atoms with Crippen LogP contribution in [0.5, 0.6) is 0 Å². The molecule has 2 N–H and O–H groups in total. The number of nitrogens with two attached hydrogens (primary N) is 1. The van der Waals surface area contributed by atoms with Crippen LogP contribution in [0.3, 0.4) is 0 Å². The Morgan fingerprint density at radius 3 is 1.92 bits per heavy atom. The highest BCUT2D eigenvalue weighted by Crippen LogP contribution is 2.56. The molecule has 1 saturated carbocycles. The number of esters is 1. The van der Waals surface area contributed by atoms with Gasteiger partial charge in [0.15, 0.2) is 0 Å². The van der Waals surface area contributed by atoms with Crippen LogP contribution in [0, 0.1) is 16.7 Å². The van der Waals surface area contributed by atoms with Gasteiger partial charge in [-0.15, -0.1) is 0 Å². The molecule has 0 bridgehead atoms. The second kappa shape index (κ2) is 10.0. The molecule has 2 unspecified atom stereocenters. The highest BCUT2D eigenvalue weighted by Gasteiger charge is 2.54. The summed E-state index contributed by atoms with van der Waals surface area (Å²) >= 11 is 0. The Morgan fingerprint density at radius 1 is 1.00 bits per heavy atom. The zero-order valence-electron chi connectivity index (χ0n) is 18.3. The van der Waals surface area contributed by atoms with Crippen LogP contribution in [0.4, 0.5) is 0 Å². The third kappa shape index (κ3) is 5.43. The molecule has 26 heavy (non-hydrogen) atoms. The maximum Gasteiger partial charge on any atom is 0.307 e. The van der Waals surface area contributed by atoms with Crippen molar-refractivity contribution in [3.8, 4) is 0 Å². The van der Waals surface area contributed by atoms with E-state index < -0.39 is 0 Å². The Balaban J connectivity index is 0.00000163. The molecule has 1 aliphatic heterocycles. The standard InChI is InChI=1S/C19H37N3O2.C2H6/c1-15-14-16(19(4,5)18(15,2)3)24-17(23)6-8-21-10-12-22(9-7-20)13-11-21;1-2/h15-16H,6-14,20H2,1-5H3;1-2H3. The van der Waals surface area contributed by atoms with E-state index in [1.165, 1.54) is 0 Å². The van der Waals surface area contributed by atoms with Crippen molar-refractivity contribution in [2.24, 2.45) is 22.5 Å². The number of carbonyl (C=O) groups is 1. The van der Waals surface area contributed by atoms with E-state index in [1.807, 2.05) is 13.8 Å². The Hall–Kier alpha value is -0.650. The quantitative estimate of drug-likeness (QED) is 0.730. The lowest BCUT2D eigenvalue weighted by Gasteiger charge is -2.40. The van der Waals surface area contributed by atoms with Gasteiger partial charge in [-0.2, -0.15) is 0 Å². The van der Waals surface area contributed by atoms with Gasteiger partial charge in [-0.3, -0.25) is 9.69 Å². The summed E-state index contributed by atoms with van der Waals surface area (Å²) in [5.74, 6) is 0.531. The lowest BCUT2D eigenvalue weighted by atomic mass is 9.67. The summed E-state index contributed by atoms with van der Waals surface area (Å²) in [4.78, 5) is 17.1. The van der Waals surface area contributed by atoms with E-state index in [-0.39, 0.29) is 22.9 Å². The number of hydrogen-bond donors (Lipinski definition) is 1. The molecule has 154 valence electrons. The van der Waals surface area contributed by atoms with Gasteiger partial charge in [-0.1, -0.05) is 48.5 Å². The fourth-order valence-electron chi connectivity index (χ4n) is 4.04. The van der Waals surface area contributed by atoms with Crippen LogP contribution in [-0.4, -0.2) is 67.7 Å². The summed E-state index contributed by atoms with van der Waals surface area (Å²) < 4.78 is 5.89. The number of hydrogen-bond acceptors (Lipinski definition) is 5. The molecule has 2 fully saturated rings. The van der Waals surface area contributed by atoms with Gasteiger partial charge < -0.3 is 15.4 Å². The minimum absolute atomic E-state index is 0.0237. The highest BCUT2D eigenvalue weighted by molar-refractivity contribution is 5.70. The van der Waals surface area contributed by atoms with Crippen molar-refractivity contribution in [3.05, 3.63) is 0 Å². The van der Waals surface area contributed by atoms with Gasteiger partial charge in [0.1, 0.15) is 6.10 Å². The normalized spacial score (nSPS) is 28.3. The van der Waals surface area contributed by atoms with Gasteiger partial charge in [-0.05, 0) is 17.8 Å². The first-order valence-electron chi connectivity index (χ1n) is 10.5. The molecule has 1 heterocycles.